The predicted octanol–water partition coefficient (Wildman–Crippen LogP) is 7.48. The number of aromatic nitrogens is 1. The van der Waals surface area contributed by atoms with E-state index in [1.807, 2.05) is 50.8 Å². The second kappa shape index (κ2) is 14.5. The molecule has 0 bridgehead atoms. The molecule has 1 aromatic carbocycles. The van der Waals surface area contributed by atoms with Crippen molar-refractivity contribution in [3.05, 3.63) is 62.9 Å². The maximum absolute atomic E-state index is 12.9. The standard InChI is InChI=1S/C37H43ClN4O5S/c1-21(2)47-37(44)29-20-48-36-28(17-22(3)39-35(29)36)27-18-25(38)7-10-33(27)46-16-15-42-24(5)40-30-8-9-31(23(4)34(30)32(42)19-43)41-13-11-26(45-6)12-14-41/h7,10,17-18,20-21,23,26,31H,8-9,11-16H2,1-6H3. The van der Waals surface area contributed by atoms with E-state index >= 15 is 0 Å². The first-order valence-corrected chi connectivity index (χ1v) is 18.0. The number of aliphatic imine (C=N–C) groups is 1. The van der Waals surface area contributed by atoms with Crippen molar-refractivity contribution in [1.29, 1.82) is 0 Å². The van der Waals surface area contributed by atoms with Gasteiger partial charge >= 0.3 is 5.97 Å². The zero-order valence-corrected chi connectivity index (χ0v) is 30.0. The van der Waals surface area contributed by atoms with E-state index in [2.05, 4.69) is 17.8 Å². The molecule has 4 heterocycles. The number of esters is 1. The first kappa shape index (κ1) is 34.3. The molecule has 0 amide bonds. The third kappa shape index (κ3) is 6.82. The van der Waals surface area contributed by atoms with Crippen molar-refractivity contribution in [2.24, 2.45) is 10.9 Å². The smallest absolute Gasteiger partial charge is 0.341 e. The molecule has 48 heavy (non-hydrogen) atoms. The van der Waals surface area contributed by atoms with Crippen LogP contribution in [-0.2, 0) is 14.3 Å². The molecule has 0 N–H and O–H groups in total. The van der Waals surface area contributed by atoms with Crippen LogP contribution < -0.4 is 4.74 Å². The molecule has 2 unspecified atom stereocenters. The van der Waals surface area contributed by atoms with Gasteiger partial charge in [-0.2, -0.15) is 0 Å². The van der Waals surface area contributed by atoms with Gasteiger partial charge in [-0.3, -0.25) is 9.88 Å². The molecule has 254 valence electrons. The van der Waals surface area contributed by atoms with Gasteiger partial charge in [-0.25, -0.2) is 14.6 Å². The van der Waals surface area contributed by atoms with Gasteiger partial charge in [0.05, 0.1) is 34.5 Å². The number of rotatable bonds is 9. The summed E-state index contributed by atoms with van der Waals surface area (Å²) in [6.07, 6.45) is 4.00. The van der Waals surface area contributed by atoms with Gasteiger partial charge in [0.2, 0.25) is 0 Å². The fraction of sp³-hybridized carbons (Fsp3) is 0.486. The van der Waals surface area contributed by atoms with Crippen molar-refractivity contribution in [1.82, 2.24) is 14.8 Å². The van der Waals surface area contributed by atoms with Crippen LogP contribution in [0.5, 0.6) is 5.75 Å². The topological polar surface area (TPSA) is 93.6 Å². The van der Waals surface area contributed by atoms with Crippen LogP contribution >= 0.6 is 22.9 Å². The van der Waals surface area contributed by atoms with Crippen molar-refractivity contribution in [2.75, 3.05) is 33.4 Å². The predicted molar refractivity (Wildman–Crippen MR) is 191 cm³/mol. The van der Waals surface area contributed by atoms with E-state index in [4.69, 9.17) is 35.8 Å². The lowest BCUT2D eigenvalue weighted by atomic mass is 9.79. The molecule has 0 spiro atoms. The molecule has 3 aliphatic rings. The number of hydrogen-bond donors (Lipinski definition) is 0. The van der Waals surface area contributed by atoms with Crippen molar-refractivity contribution < 1.29 is 23.8 Å². The van der Waals surface area contributed by atoms with Crippen molar-refractivity contribution in [2.45, 2.75) is 78.6 Å². The van der Waals surface area contributed by atoms with E-state index in [9.17, 15) is 9.59 Å². The Labute approximate surface area is 291 Å². The number of aryl methyl sites for hydroxylation is 1. The van der Waals surface area contributed by atoms with Crippen LogP contribution in [0.2, 0.25) is 5.02 Å². The monoisotopic (exact) mass is 690 g/mol. The zero-order chi connectivity index (χ0) is 34.1. The SMILES string of the molecule is COC1CCN(C2CCC3=C(C(=C=O)N(CCOc4ccc(Cl)cc4-c4cc(C)nc5c(C(=O)OC(C)C)csc45)C(C)=N3)C2C)CC1. The van der Waals surface area contributed by atoms with E-state index < -0.39 is 5.97 Å². The number of methoxy groups -OCH3 is 1. The number of benzene rings is 1. The number of halogens is 1. The van der Waals surface area contributed by atoms with Crippen LogP contribution in [0, 0.1) is 12.8 Å². The van der Waals surface area contributed by atoms with E-state index in [-0.39, 0.29) is 12.0 Å². The van der Waals surface area contributed by atoms with E-state index in [1.54, 1.807) is 18.6 Å². The van der Waals surface area contributed by atoms with Crippen LogP contribution in [0.25, 0.3) is 21.3 Å². The van der Waals surface area contributed by atoms with Crippen LogP contribution in [0.4, 0.5) is 0 Å². The summed E-state index contributed by atoms with van der Waals surface area (Å²) in [6.45, 7) is 12.4. The molecule has 9 nitrogen and oxygen atoms in total. The van der Waals surface area contributed by atoms with E-state index in [0.29, 0.717) is 52.8 Å². The largest absolute Gasteiger partial charge is 0.491 e. The molecular formula is C37H43ClN4O5S. The third-order valence-corrected chi connectivity index (χ3v) is 10.9. The molecule has 3 aromatic rings. The van der Waals surface area contributed by atoms with Gasteiger partial charge in [0, 0.05) is 70.7 Å². The number of carbonyl (C=O) groups excluding carboxylic acids is 2. The Morgan fingerprint density at radius 3 is 2.62 bits per heavy atom. The van der Waals surface area contributed by atoms with Gasteiger partial charge in [0.15, 0.2) is 5.94 Å². The maximum atomic E-state index is 12.9. The highest BCUT2D eigenvalue weighted by molar-refractivity contribution is 7.18. The Balaban J connectivity index is 1.22. The van der Waals surface area contributed by atoms with Crippen molar-refractivity contribution in [3.63, 3.8) is 0 Å². The fourth-order valence-electron chi connectivity index (χ4n) is 7.33. The number of nitrogens with zero attached hydrogens (tertiary/aromatic N) is 4. The number of ether oxygens (including phenoxy) is 3. The highest BCUT2D eigenvalue weighted by Gasteiger charge is 2.39. The first-order valence-electron chi connectivity index (χ1n) is 16.7. The zero-order valence-electron chi connectivity index (χ0n) is 28.5. The number of hydrogen-bond acceptors (Lipinski definition) is 10. The van der Waals surface area contributed by atoms with E-state index in [0.717, 1.165) is 77.4 Å². The molecule has 1 saturated heterocycles. The van der Waals surface area contributed by atoms with Crippen LogP contribution in [0.3, 0.4) is 0 Å². The quantitative estimate of drug-likeness (QED) is 0.169. The molecule has 0 radical (unpaired) electrons. The number of likely N-dealkylation sites (tertiary alicyclic amines) is 1. The molecule has 1 fully saturated rings. The summed E-state index contributed by atoms with van der Waals surface area (Å²) in [5, 5.41) is 2.36. The lowest BCUT2D eigenvalue weighted by Crippen LogP contribution is -2.49. The van der Waals surface area contributed by atoms with Crippen molar-refractivity contribution >= 4 is 50.9 Å². The average Bonchev–Trinajstić information content (AvgIpc) is 3.49. The second-order valence-electron chi connectivity index (χ2n) is 13.1. The van der Waals surface area contributed by atoms with Gasteiger partial charge in [-0.05, 0) is 77.6 Å². The average molecular weight is 691 g/mol. The van der Waals surface area contributed by atoms with Gasteiger partial charge in [0.1, 0.15) is 23.9 Å². The Morgan fingerprint density at radius 2 is 1.92 bits per heavy atom. The molecule has 11 heteroatoms. The number of amidine groups is 1. The van der Waals surface area contributed by atoms with Gasteiger partial charge in [-0.15, -0.1) is 11.3 Å². The minimum absolute atomic E-state index is 0.151. The summed E-state index contributed by atoms with van der Waals surface area (Å²) in [6, 6.07) is 7.86. The molecule has 2 aromatic heterocycles. The molecule has 0 saturated carbocycles. The lowest BCUT2D eigenvalue weighted by Gasteiger charge is -2.45. The summed E-state index contributed by atoms with van der Waals surface area (Å²) in [4.78, 5) is 39.7. The molecule has 1 aliphatic carbocycles. The van der Waals surface area contributed by atoms with Gasteiger partial charge in [0.25, 0.3) is 0 Å². The second-order valence-corrected chi connectivity index (χ2v) is 14.4. The summed E-state index contributed by atoms with van der Waals surface area (Å²) in [7, 11) is 1.79. The molecule has 2 atom stereocenters. The Kier molecular flexibility index (Phi) is 10.4. The van der Waals surface area contributed by atoms with Crippen LogP contribution in [0.1, 0.15) is 69.4 Å². The number of allylic oxidation sites excluding steroid dienone is 2. The minimum atomic E-state index is -0.395. The number of piperidine rings is 1. The summed E-state index contributed by atoms with van der Waals surface area (Å²) < 4.78 is 18.4. The summed E-state index contributed by atoms with van der Waals surface area (Å²) in [5.41, 5.74) is 6.04. The number of carbonyl (C=O) groups is 1. The van der Waals surface area contributed by atoms with Gasteiger partial charge < -0.3 is 19.1 Å². The van der Waals surface area contributed by atoms with Crippen molar-refractivity contribution in [3.8, 4) is 16.9 Å². The Morgan fingerprint density at radius 1 is 1.15 bits per heavy atom. The van der Waals surface area contributed by atoms with E-state index in [1.165, 1.54) is 11.3 Å². The number of thiophene rings is 1. The Bertz CT molecular complexity index is 1820. The third-order valence-electron chi connectivity index (χ3n) is 9.63. The molecule has 6 rings (SSSR count). The summed E-state index contributed by atoms with van der Waals surface area (Å²) in [5.74, 6) is 3.46. The van der Waals surface area contributed by atoms with Crippen LogP contribution in [-0.4, -0.2) is 84.1 Å². The highest BCUT2D eigenvalue weighted by atomic mass is 35.5. The van der Waals surface area contributed by atoms with Crippen LogP contribution in [0.15, 0.2) is 51.6 Å². The minimum Gasteiger partial charge on any atom is -0.491 e. The Hall–Kier alpha value is -3.53. The number of pyridine rings is 1. The fourth-order valence-corrected chi connectivity index (χ4v) is 8.50. The maximum Gasteiger partial charge on any atom is 0.341 e. The molecular weight excluding hydrogens is 648 g/mol. The first-order chi connectivity index (χ1) is 23.1. The lowest BCUT2D eigenvalue weighted by molar-refractivity contribution is 0.0175. The van der Waals surface area contributed by atoms with Gasteiger partial charge in [-0.1, -0.05) is 18.5 Å². The highest BCUT2D eigenvalue weighted by Crippen LogP contribution is 2.43. The number of fused-ring (bicyclic) bond motifs is 1. The normalized spacial score (nSPS) is 20.6. The molecule has 2 aliphatic heterocycles. The summed E-state index contributed by atoms with van der Waals surface area (Å²) >= 11 is 7.96.